The maximum Gasteiger partial charge on any atom is 0.253 e. The summed E-state index contributed by atoms with van der Waals surface area (Å²) < 4.78 is 26.2. The van der Waals surface area contributed by atoms with Crippen molar-refractivity contribution in [3.8, 4) is 0 Å². The first kappa shape index (κ1) is 26.8. The molecule has 0 aliphatic carbocycles. The topological polar surface area (TPSA) is 45.3 Å². The number of hydrogen-bond acceptors (Lipinski definition) is 3. The molecule has 4 aromatic rings. The van der Waals surface area contributed by atoms with Gasteiger partial charge in [-0.2, -0.15) is 0 Å². The molecule has 196 valence electrons. The normalized spacial score (nSPS) is 11.3. The minimum atomic E-state index is 0.582. The second-order valence-corrected chi connectivity index (χ2v) is 9.14. The summed E-state index contributed by atoms with van der Waals surface area (Å²) >= 11 is 0. The predicted molar refractivity (Wildman–Crippen MR) is 142 cm³/mol. The third kappa shape index (κ3) is 8.39. The van der Waals surface area contributed by atoms with Crippen LogP contribution in [0.2, 0.25) is 0 Å². The monoisotopic (exact) mass is 504 g/mol. The lowest BCUT2D eigenvalue weighted by Crippen LogP contribution is -2.36. The van der Waals surface area contributed by atoms with Crippen LogP contribution in [-0.4, -0.2) is 48.8 Å². The van der Waals surface area contributed by atoms with Crippen molar-refractivity contribution in [3.05, 3.63) is 108 Å². The summed E-state index contributed by atoms with van der Waals surface area (Å²) in [5, 5.41) is 0. The van der Waals surface area contributed by atoms with Crippen molar-refractivity contribution in [1.82, 2.24) is 9.13 Å². The van der Waals surface area contributed by atoms with E-state index >= 15 is 0 Å². The van der Waals surface area contributed by atoms with Crippen molar-refractivity contribution < 1.29 is 23.3 Å². The van der Waals surface area contributed by atoms with Crippen molar-refractivity contribution in [1.29, 1.82) is 0 Å². The van der Waals surface area contributed by atoms with E-state index in [0.717, 1.165) is 26.2 Å². The third-order valence-corrected chi connectivity index (χ3v) is 6.60. The van der Waals surface area contributed by atoms with Gasteiger partial charge in [0.1, 0.15) is 51.0 Å². The summed E-state index contributed by atoms with van der Waals surface area (Å²) in [6.07, 6.45) is 8.50. The molecule has 0 unspecified atom stereocenters. The Labute approximate surface area is 220 Å². The highest BCUT2D eigenvalue weighted by Crippen LogP contribution is 2.02. The highest BCUT2D eigenvalue weighted by molar-refractivity contribution is 5.14. The number of imidazole rings is 2. The molecule has 0 atom stereocenters. The van der Waals surface area contributed by atoms with E-state index in [9.17, 15) is 0 Å². The lowest BCUT2D eigenvalue weighted by Gasteiger charge is -2.07. The van der Waals surface area contributed by atoms with Crippen LogP contribution in [0.4, 0.5) is 0 Å². The molecule has 2 aromatic carbocycles. The van der Waals surface area contributed by atoms with E-state index in [1.807, 2.05) is 12.1 Å². The average Bonchev–Trinajstić information content (AvgIpc) is 3.45. The van der Waals surface area contributed by atoms with Gasteiger partial charge in [0.15, 0.2) is 0 Å². The van der Waals surface area contributed by atoms with Crippen LogP contribution in [0.15, 0.2) is 85.5 Å². The molecule has 0 amide bonds. The van der Waals surface area contributed by atoms with Crippen molar-refractivity contribution in [2.24, 2.45) is 0 Å². The standard InChI is InChI=1S/C30H40N4O3/c1-27-31(13-15-33(27)25-29-9-5-3-6-10-29)17-19-35-21-23-37-24-22-36-20-18-32-14-16-34(28(32)2)26-30-11-7-4-8-12-30/h3-16H,17-26H2,1-2H3/q+2. The largest absolute Gasteiger partial charge is 0.377 e. The van der Waals surface area contributed by atoms with Crippen molar-refractivity contribution >= 4 is 0 Å². The number of ether oxygens (including phenoxy) is 3. The number of nitrogens with zero attached hydrogens (tertiary/aromatic N) is 4. The Morgan fingerprint density at radius 1 is 0.541 bits per heavy atom. The first-order valence-electron chi connectivity index (χ1n) is 13.1. The molecular weight excluding hydrogens is 464 g/mol. The second-order valence-electron chi connectivity index (χ2n) is 9.14. The molecule has 7 heteroatoms. The number of benzene rings is 2. The third-order valence-electron chi connectivity index (χ3n) is 6.60. The zero-order valence-electron chi connectivity index (χ0n) is 22.2. The summed E-state index contributed by atoms with van der Waals surface area (Å²) in [6, 6.07) is 21.0. The van der Waals surface area contributed by atoms with E-state index in [1.54, 1.807) is 0 Å². The fourth-order valence-corrected chi connectivity index (χ4v) is 4.32. The quantitative estimate of drug-likeness (QED) is 0.174. The van der Waals surface area contributed by atoms with Crippen LogP contribution in [-0.2, 0) is 40.4 Å². The zero-order chi connectivity index (χ0) is 25.7. The van der Waals surface area contributed by atoms with Crippen molar-refractivity contribution in [2.45, 2.75) is 40.0 Å². The molecule has 0 saturated carbocycles. The van der Waals surface area contributed by atoms with Crippen LogP contribution in [0.25, 0.3) is 0 Å². The van der Waals surface area contributed by atoms with Gasteiger partial charge in [0, 0.05) is 13.8 Å². The molecule has 0 bridgehead atoms. The molecule has 2 aromatic heterocycles. The van der Waals surface area contributed by atoms with Gasteiger partial charge in [-0.3, -0.25) is 0 Å². The molecule has 0 spiro atoms. The van der Waals surface area contributed by atoms with E-state index in [-0.39, 0.29) is 0 Å². The molecule has 0 fully saturated rings. The Kier molecular flexibility index (Phi) is 10.5. The molecule has 0 radical (unpaired) electrons. The molecule has 0 saturated heterocycles. The Bertz CT molecular complexity index is 1090. The summed E-state index contributed by atoms with van der Waals surface area (Å²) in [6.45, 7) is 11.4. The van der Waals surface area contributed by atoms with Crippen LogP contribution in [0.3, 0.4) is 0 Å². The van der Waals surface area contributed by atoms with E-state index in [4.69, 9.17) is 14.2 Å². The number of aromatic nitrogens is 4. The molecule has 0 aliphatic rings. The lowest BCUT2D eigenvalue weighted by atomic mass is 10.2. The van der Waals surface area contributed by atoms with Crippen LogP contribution < -0.4 is 9.13 Å². The van der Waals surface area contributed by atoms with Gasteiger partial charge < -0.3 is 14.2 Å². The van der Waals surface area contributed by atoms with E-state index in [2.05, 4.69) is 105 Å². The molecule has 2 heterocycles. The lowest BCUT2D eigenvalue weighted by molar-refractivity contribution is -0.694. The van der Waals surface area contributed by atoms with Gasteiger partial charge in [-0.25, -0.2) is 18.3 Å². The van der Waals surface area contributed by atoms with Crippen LogP contribution in [0.5, 0.6) is 0 Å². The first-order chi connectivity index (χ1) is 18.2. The van der Waals surface area contributed by atoms with Crippen molar-refractivity contribution in [2.75, 3.05) is 39.6 Å². The Hall–Kier alpha value is -3.26. The molecule has 4 rings (SSSR count). The zero-order valence-corrected chi connectivity index (χ0v) is 22.2. The van der Waals surface area contributed by atoms with Gasteiger partial charge >= 0.3 is 0 Å². The van der Waals surface area contributed by atoms with E-state index in [0.29, 0.717) is 39.6 Å². The highest BCUT2D eigenvalue weighted by atomic mass is 16.5. The fraction of sp³-hybridized carbons (Fsp3) is 0.400. The molecule has 37 heavy (non-hydrogen) atoms. The minimum Gasteiger partial charge on any atom is -0.377 e. The Balaban J connectivity index is 1.01. The predicted octanol–water partition coefficient (Wildman–Crippen LogP) is 3.33. The maximum absolute atomic E-state index is 5.76. The highest BCUT2D eigenvalue weighted by Gasteiger charge is 2.13. The minimum absolute atomic E-state index is 0.582. The van der Waals surface area contributed by atoms with Crippen molar-refractivity contribution in [3.63, 3.8) is 0 Å². The Morgan fingerprint density at radius 3 is 1.32 bits per heavy atom. The van der Waals surface area contributed by atoms with Gasteiger partial charge in [-0.1, -0.05) is 60.7 Å². The van der Waals surface area contributed by atoms with Crippen LogP contribution in [0.1, 0.15) is 22.8 Å². The molecule has 7 nitrogen and oxygen atoms in total. The molecule has 0 N–H and O–H groups in total. The van der Waals surface area contributed by atoms with Gasteiger partial charge in [0.25, 0.3) is 11.6 Å². The number of hydrogen-bond donors (Lipinski definition) is 0. The van der Waals surface area contributed by atoms with Gasteiger partial charge in [-0.05, 0) is 11.1 Å². The summed E-state index contributed by atoms with van der Waals surface area (Å²) in [5.74, 6) is 2.45. The Morgan fingerprint density at radius 2 is 0.919 bits per heavy atom. The SMILES string of the molecule is Cc1n(CCOCCOCCOCCn2cc[n+](Cc3ccccc3)c2C)cc[n+]1Cc1ccccc1. The summed E-state index contributed by atoms with van der Waals surface area (Å²) in [4.78, 5) is 0. The average molecular weight is 505 g/mol. The van der Waals surface area contributed by atoms with Crippen LogP contribution >= 0.6 is 0 Å². The molecule has 0 aliphatic heterocycles. The summed E-state index contributed by atoms with van der Waals surface area (Å²) in [7, 11) is 0. The smallest absolute Gasteiger partial charge is 0.253 e. The second kappa shape index (κ2) is 14.5. The van der Waals surface area contributed by atoms with Gasteiger partial charge in [0.05, 0.1) is 39.6 Å². The number of rotatable bonds is 16. The van der Waals surface area contributed by atoms with E-state index < -0.39 is 0 Å². The van der Waals surface area contributed by atoms with E-state index in [1.165, 1.54) is 22.8 Å². The van der Waals surface area contributed by atoms with Gasteiger partial charge in [0.2, 0.25) is 0 Å². The first-order valence-corrected chi connectivity index (χ1v) is 13.1. The molecular formula is C30H40N4O3+2. The summed E-state index contributed by atoms with van der Waals surface area (Å²) in [5.41, 5.74) is 2.61. The van der Waals surface area contributed by atoms with Gasteiger partial charge in [-0.15, -0.1) is 0 Å². The maximum atomic E-state index is 5.76. The van der Waals surface area contributed by atoms with Crippen LogP contribution in [0, 0.1) is 13.8 Å². The fourth-order valence-electron chi connectivity index (χ4n) is 4.32.